The second kappa shape index (κ2) is 7.32. The molecule has 4 aliphatic carbocycles. The molecular weight excluding hydrogens is 342 g/mol. The number of carboxylic acids is 1. The molecule has 4 saturated carbocycles. The van der Waals surface area contributed by atoms with E-state index in [0.29, 0.717) is 15.5 Å². The SMILES string of the molecule is CC(=O)CC(CSC(=S)NCC12CC3CC(CC(C3)C1)C2)C(=O)O. The van der Waals surface area contributed by atoms with Crippen molar-refractivity contribution in [3.63, 3.8) is 0 Å². The molecule has 4 nitrogen and oxygen atoms in total. The Balaban J connectivity index is 1.46. The number of carboxylic acid groups (broad SMARTS) is 1. The summed E-state index contributed by atoms with van der Waals surface area (Å²) in [4.78, 5) is 22.4. The molecule has 1 unspecified atom stereocenters. The van der Waals surface area contributed by atoms with Crippen LogP contribution in [-0.2, 0) is 9.59 Å². The average Bonchev–Trinajstić information content (AvgIpc) is 2.47. The van der Waals surface area contributed by atoms with Crippen molar-refractivity contribution in [3.05, 3.63) is 0 Å². The zero-order valence-electron chi connectivity index (χ0n) is 14.3. The molecule has 134 valence electrons. The molecule has 2 N–H and O–H groups in total. The van der Waals surface area contributed by atoms with Gasteiger partial charge in [-0.2, -0.15) is 0 Å². The largest absolute Gasteiger partial charge is 0.481 e. The zero-order valence-corrected chi connectivity index (χ0v) is 15.9. The Morgan fingerprint density at radius 1 is 1.21 bits per heavy atom. The molecule has 4 fully saturated rings. The Labute approximate surface area is 153 Å². The number of aliphatic carboxylic acids is 1. The van der Waals surface area contributed by atoms with Crippen LogP contribution < -0.4 is 5.32 Å². The molecule has 0 aliphatic heterocycles. The van der Waals surface area contributed by atoms with E-state index in [9.17, 15) is 14.7 Å². The van der Waals surface area contributed by atoms with E-state index in [2.05, 4.69) is 5.32 Å². The van der Waals surface area contributed by atoms with Crippen LogP contribution in [0.4, 0.5) is 0 Å². The van der Waals surface area contributed by atoms with E-state index in [-0.39, 0.29) is 12.2 Å². The summed E-state index contributed by atoms with van der Waals surface area (Å²) in [6.45, 7) is 2.37. The van der Waals surface area contributed by atoms with E-state index in [1.165, 1.54) is 57.2 Å². The van der Waals surface area contributed by atoms with Gasteiger partial charge < -0.3 is 15.2 Å². The van der Waals surface area contributed by atoms with Crippen molar-refractivity contribution in [1.82, 2.24) is 5.32 Å². The van der Waals surface area contributed by atoms with Crippen LogP contribution in [0.5, 0.6) is 0 Å². The smallest absolute Gasteiger partial charge is 0.307 e. The number of carbonyl (C=O) groups is 2. The van der Waals surface area contributed by atoms with Crippen molar-refractivity contribution < 1.29 is 14.7 Å². The summed E-state index contributed by atoms with van der Waals surface area (Å²) < 4.78 is 0.681. The Morgan fingerprint density at radius 3 is 2.21 bits per heavy atom. The van der Waals surface area contributed by atoms with Crippen molar-refractivity contribution in [2.75, 3.05) is 12.3 Å². The number of thioether (sulfide) groups is 1. The maximum Gasteiger partial charge on any atom is 0.307 e. The van der Waals surface area contributed by atoms with E-state index in [0.717, 1.165) is 24.3 Å². The van der Waals surface area contributed by atoms with Crippen LogP contribution in [-0.4, -0.2) is 33.5 Å². The van der Waals surface area contributed by atoms with Gasteiger partial charge >= 0.3 is 5.97 Å². The molecule has 0 aromatic carbocycles. The topological polar surface area (TPSA) is 66.4 Å². The van der Waals surface area contributed by atoms with Gasteiger partial charge in [0.2, 0.25) is 0 Å². The summed E-state index contributed by atoms with van der Waals surface area (Å²) in [5.74, 6) is 1.48. The third-order valence-electron chi connectivity index (χ3n) is 6.07. The Kier molecular flexibility index (Phi) is 5.55. The highest BCUT2D eigenvalue weighted by atomic mass is 32.2. The van der Waals surface area contributed by atoms with Crippen molar-refractivity contribution in [1.29, 1.82) is 0 Å². The number of ketones is 1. The first kappa shape index (κ1) is 18.2. The van der Waals surface area contributed by atoms with Crippen molar-refractivity contribution in [3.8, 4) is 0 Å². The average molecular weight is 370 g/mol. The van der Waals surface area contributed by atoms with Gasteiger partial charge in [-0.25, -0.2) is 0 Å². The number of rotatable bonds is 7. The zero-order chi connectivity index (χ0) is 17.3. The van der Waals surface area contributed by atoms with Gasteiger partial charge in [0, 0.05) is 18.7 Å². The molecule has 0 aromatic heterocycles. The maximum absolute atomic E-state index is 11.2. The Bertz CT molecular complexity index is 499. The molecule has 0 spiro atoms. The molecule has 4 rings (SSSR count). The standard InChI is InChI=1S/C18H27NO3S2/c1-11(20)2-15(16(21)22)9-24-17(23)19-10-18-6-12-3-13(7-18)5-14(4-12)8-18/h12-15H,2-10H2,1H3,(H,19,23)(H,21,22). The lowest BCUT2D eigenvalue weighted by Gasteiger charge is -2.57. The first-order chi connectivity index (χ1) is 11.3. The molecule has 0 amide bonds. The van der Waals surface area contributed by atoms with Crippen LogP contribution in [0.2, 0.25) is 0 Å². The first-order valence-corrected chi connectivity index (χ1v) is 10.4. The second-order valence-electron chi connectivity index (χ2n) is 8.31. The minimum Gasteiger partial charge on any atom is -0.481 e. The summed E-state index contributed by atoms with van der Waals surface area (Å²) in [6.07, 6.45) is 8.39. The number of hydrogen-bond acceptors (Lipinski definition) is 4. The molecule has 1 atom stereocenters. The summed E-state index contributed by atoms with van der Waals surface area (Å²) in [5.41, 5.74) is 0.422. The highest BCUT2D eigenvalue weighted by Gasteiger charge is 2.50. The summed E-state index contributed by atoms with van der Waals surface area (Å²) in [7, 11) is 0. The van der Waals surface area contributed by atoms with Crippen LogP contribution in [0.3, 0.4) is 0 Å². The van der Waals surface area contributed by atoms with Gasteiger partial charge in [0.1, 0.15) is 10.1 Å². The van der Waals surface area contributed by atoms with Crippen LogP contribution in [0.25, 0.3) is 0 Å². The molecule has 0 saturated heterocycles. The number of nitrogens with one attached hydrogen (secondary N) is 1. The molecule has 0 radical (unpaired) electrons. The van der Waals surface area contributed by atoms with E-state index in [1.54, 1.807) is 0 Å². The summed E-state index contributed by atoms with van der Waals surface area (Å²) >= 11 is 6.77. The number of hydrogen-bond donors (Lipinski definition) is 2. The minimum atomic E-state index is -0.915. The number of thiocarbonyl (C=S) groups is 1. The lowest BCUT2D eigenvalue weighted by molar-refractivity contribution is -0.142. The minimum absolute atomic E-state index is 0.0833. The van der Waals surface area contributed by atoms with Gasteiger partial charge in [0.15, 0.2) is 0 Å². The van der Waals surface area contributed by atoms with E-state index < -0.39 is 11.9 Å². The first-order valence-electron chi connectivity index (χ1n) is 8.98. The molecular formula is C18H27NO3S2. The predicted octanol–water partition coefficient (Wildman–Crippen LogP) is 3.49. The van der Waals surface area contributed by atoms with Crippen LogP contribution in [0.15, 0.2) is 0 Å². The van der Waals surface area contributed by atoms with E-state index in [1.807, 2.05) is 0 Å². The van der Waals surface area contributed by atoms with Crippen molar-refractivity contribution in [2.24, 2.45) is 29.1 Å². The predicted molar refractivity (Wildman–Crippen MR) is 100 cm³/mol. The summed E-state index contributed by atoms with van der Waals surface area (Å²) in [5, 5.41) is 12.6. The highest BCUT2D eigenvalue weighted by Crippen LogP contribution is 2.59. The fraction of sp³-hybridized carbons (Fsp3) is 0.833. The van der Waals surface area contributed by atoms with E-state index >= 15 is 0 Å². The van der Waals surface area contributed by atoms with Crippen LogP contribution in [0.1, 0.15) is 51.9 Å². The monoisotopic (exact) mass is 369 g/mol. The van der Waals surface area contributed by atoms with Gasteiger partial charge in [0.25, 0.3) is 0 Å². The second-order valence-corrected chi connectivity index (χ2v) is 10.0. The normalized spacial score (nSPS) is 34.8. The number of carbonyl (C=O) groups excluding carboxylic acids is 1. The van der Waals surface area contributed by atoms with Gasteiger partial charge in [-0.05, 0) is 68.6 Å². The fourth-order valence-corrected chi connectivity index (χ4v) is 6.62. The van der Waals surface area contributed by atoms with Gasteiger partial charge in [-0.1, -0.05) is 24.0 Å². The fourth-order valence-electron chi connectivity index (χ4n) is 5.56. The molecule has 4 bridgehead atoms. The molecule has 24 heavy (non-hydrogen) atoms. The lowest BCUT2D eigenvalue weighted by atomic mass is 9.49. The maximum atomic E-state index is 11.2. The molecule has 4 aliphatic rings. The molecule has 0 aromatic rings. The van der Waals surface area contributed by atoms with Crippen molar-refractivity contribution in [2.45, 2.75) is 51.9 Å². The summed E-state index contributed by atoms with van der Waals surface area (Å²) in [6, 6.07) is 0. The quantitative estimate of drug-likeness (QED) is 0.670. The van der Waals surface area contributed by atoms with Gasteiger partial charge in [-0.15, -0.1) is 0 Å². The van der Waals surface area contributed by atoms with Crippen LogP contribution >= 0.6 is 24.0 Å². The lowest BCUT2D eigenvalue weighted by Crippen LogP contribution is -2.50. The molecule has 0 heterocycles. The Morgan fingerprint density at radius 2 is 1.75 bits per heavy atom. The number of Topliss-reactive ketones (excluding diaryl/α,β-unsaturated/α-hetero) is 1. The Hall–Kier alpha value is -0.620. The van der Waals surface area contributed by atoms with Crippen LogP contribution in [0, 0.1) is 29.1 Å². The highest BCUT2D eigenvalue weighted by molar-refractivity contribution is 8.22. The van der Waals surface area contributed by atoms with Gasteiger partial charge in [0.05, 0.1) is 5.92 Å². The van der Waals surface area contributed by atoms with Gasteiger partial charge in [-0.3, -0.25) is 4.79 Å². The third kappa shape index (κ3) is 4.31. The molecule has 6 heteroatoms. The van der Waals surface area contributed by atoms with E-state index in [4.69, 9.17) is 12.2 Å². The third-order valence-corrected chi connectivity index (χ3v) is 7.54. The van der Waals surface area contributed by atoms with Crippen molar-refractivity contribution >= 4 is 40.1 Å².